The van der Waals surface area contributed by atoms with Crippen LogP contribution in [0.4, 0.5) is 26.3 Å². The van der Waals surface area contributed by atoms with E-state index in [1.165, 1.54) is 12.1 Å². The van der Waals surface area contributed by atoms with Gasteiger partial charge in [-0.2, -0.15) is 26.3 Å². The number of carbonyl (C=O) groups is 3. The molecule has 0 aliphatic carbocycles. The molecule has 0 saturated heterocycles. The summed E-state index contributed by atoms with van der Waals surface area (Å²) in [6, 6.07) is 3.15. The smallest absolute Gasteiger partial charge is 0.416 e. The highest BCUT2D eigenvalue weighted by Crippen LogP contribution is 2.36. The van der Waals surface area contributed by atoms with Crippen molar-refractivity contribution in [1.29, 1.82) is 0 Å². The second-order valence-electron chi connectivity index (χ2n) is 8.73. The normalized spacial score (nSPS) is 12.8. The molecule has 38 heavy (non-hydrogen) atoms. The molecule has 0 aliphatic heterocycles. The monoisotopic (exact) mass is 586 g/mol. The van der Waals surface area contributed by atoms with E-state index in [0.29, 0.717) is 17.1 Å². The molecular formula is C24H22Cl2F6N2O4. The molecule has 0 aliphatic rings. The van der Waals surface area contributed by atoms with E-state index in [0.717, 1.165) is 6.07 Å². The average molecular weight is 587 g/mol. The summed E-state index contributed by atoms with van der Waals surface area (Å²) in [6.45, 7) is 3.33. The van der Waals surface area contributed by atoms with Crippen LogP contribution < -0.4 is 5.43 Å². The predicted molar refractivity (Wildman–Crippen MR) is 126 cm³/mol. The van der Waals surface area contributed by atoms with Gasteiger partial charge in [0.05, 0.1) is 21.7 Å². The zero-order valence-corrected chi connectivity index (χ0v) is 21.4. The number of carboxylic acids is 1. The summed E-state index contributed by atoms with van der Waals surface area (Å²) in [5.41, 5.74) is -1.63. The van der Waals surface area contributed by atoms with Crippen molar-refractivity contribution in [2.45, 2.75) is 51.5 Å². The molecule has 0 bridgehead atoms. The van der Waals surface area contributed by atoms with Crippen molar-refractivity contribution in [3.63, 3.8) is 0 Å². The van der Waals surface area contributed by atoms with E-state index >= 15 is 0 Å². The van der Waals surface area contributed by atoms with Crippen molar-refractivity contribution in [3.8, 4) is 0 Å². The summed E-state index contributed by atoms with van der Waals surface area (Å²) in [5.74, 6) is -3.79. The number of nitrogens with zero attached hydrogens (tertiary/aromatic N) is 1. The highest BCUT2D eigenvalue weighted by molar-refractivity contribution is 6.35. The number of aryl methyl sites for hydroxylation is 1. The first-order valence-electron chi connectivity index (χ1n) is 11.0. The van der Waals surface area contributed by atoms with Crippen LogP contribution in [0.2, 0.25) is 10.0 Å². The zero-order valence-electron chi connectivity index (χ0n) is 19.9. The standard InChI is InChI=1S/C24H22Cl2F6N2O4/c1-12(2)7-19(22(37)38)34(21(36)17-11-16(25)4-5-18(17)26)33-20(35)6-3-13-8-14(23(27,28)29)10-15(9-13)24(30,31)32/h4-5,8-12,19H,3,6-7H2,1-2H3,(H,33,35)(H,37,38). The minimum absolute atomic E-state index is 0.0396. The number of benzene rings is 2. The quantitative estimate of drug-likeness (QED) is 0.268. The second kappa shape index (κ2) is 12.2. The van der Waals surface area contributed by atoms with E-state index in [1.54, 1.807) is 13.8 Å². The lowest BCUT2D eigenvalue weighted by Crippen LogP contribution is -2.55. The van der Waals surface area contributed by atoms with Crippen LogP contribution >= 0.6 is 23.2 Å². The lowest BCUT2D eigenvalue weighted by molar-refractivity contribution is -0.146. The summed E-state index contributed by atoms with van der Waals surface area (Å²) < 4.78 is 78.7. The summed E-state index contributed by atoms with van der Waals surface area (Å²) >= 11 is 12.0. The summed E-state index contributed by atoms with van der Waals surface area (Å²) in [5, 5.41) is 10.2. The van der Waals surface area contributed by atoms with Gasteiger partial charge in [0.2, 0.25) is 5.91 Å². The Labute approximate surface area is 223 Å². The fraction of sp³-hybridized carbons (Fsp3) is 0.375. The van der Waals surface area contributed by atoms with E-state index in [-0.39, 0.29) is 34.0 Å². The molecule has 2 rings (SSSR count). The topological polar surface area (TPSA) is 86.7 Å². The van der Waals surface area contributed by atoms with Crippen LogP contribution in [0.25, 0.3) is 0 Å². The number of carbonyl (C=O) groups excluding carboxylic acids is 2. The lowest BCUT2D eigenvalue weighted by atomic mass is 10.0. The van der Waals surface area contributed by atoms with Crippen LogP contribution in [-0.4, -0.2) is 33.9 Å². The van der Waals surface area contributed by atoms with Crippen LogP contribution in [0.5, 0.6) is 0 Å². The number of amides is 2. The van der Waals surface area contributed by atoms with E-state index in [4.69, 9.17) is 23.2 Å². The summed E-state index contributed by atoms with van der Waals surface area (Å²) in [6.07, 6.45) is -11.5. The van der Waals surface area contributed by atoms with Gasteiger partial charge < -0.3 is 5.11 Å². The average Bonchev–Trinajstić information content (AvgIpc) is 2.79. The highest BCUT2D eigenvalue weighted by Gasteiger charge is 2.37. The Morgan fingerprint density at radius 2 is 1.50 bits per heavy atom. The van der Waals surface area contributed by atoms with Gasteiger partial charge in [0, 0.05) is 11.4 Å². The van der Waals surface area contributed by atoms with Gasteiger partial charge in [-0.3, -0.25) is 15.0 Å². The van der Waals surface area contributed by atoms with Crippen molar-refractivity contribution < 1.29 is 45.8 Å². The van der Waals surface area contributed by atoms with Crippen molar-refractivity contribution >= 4 is 41.0 Å². The number of hydrazine groups is 1. The number of nitrogens with one attached hydrogen (secondary N) is 1. The van der Waals surface area contributed by atoms with E-state index in [2.05, 4.69) is 5.43 Å². The van der Waals surface area contributed by atoms with Crippen LogP contribution in [-0.2, 0) is 28.4 Å². The number of halogens is 8. The molecule has 14 heteroatoms. The van der Waals surface area contributed by atoms with Crippen molar-refractivity contribution in [2.24, 2.45) is 5.92 Å². The minimum atomic E-state index is -5.07. The lowest BCUT2D eigenvalue weighted by Gasteiger charge is -2.30. The SMILES string of the molecule is CC(C)CC(C(=O)O)N(NC(=O)CCc1cc(C(F)(F)F)cc(C(F)(F)F)c1)C(=O)c1cc(Cl)ccc1Cl. The molecule has 1 unspecified atom stereocenters. The molecule has 6 nitrogen and oxygen atoms in total. The molecule has 0 radical (unpaired) electrons. The molecule has 2 amide bonds. The van der Waals surface area contributed by atoms with Gasteiger partial charge in [-0.1, -0.05) is 37.0 Å². The highest BCUT2D eigenvalue weighted by atomic mass is 35.5. The number of rotatable bonds is 8. The number of aliphatic carboxylic acids is 1. The number of hydrogen-bond acceptors (Lipinski definition) is 3. The maximum atomic E-state index is 13.2. The first-order chi connectivity index (χ1) is 17.4. The van der Waals surface area contributed by atoms with E-state index in [9.17, 15) is 45.8 Å². The first-order valence-corrected chi connectivity index (χ1v) is 11.7. The van der Waals surface area contributed by atoms with Gasteiger partial charge >= 0.3 is 18.3 Å². The Morgan fingerprint density at radius 1 is 0.947 bits per heavy atom. The van der Waals surface area contributed by atoms with Gasteiger partial charge in [0.1, 0.15) is 0 Å². The van der Waals surface area contributed by atoms with Crippen LogP contribution in [0, 0.1) is 5.92 Å². The zero-order chi connectivity index (χ0) is 29.0. The Bertz CT molecular complexity index is 1170. The third-order valence-electron chi connectivity index (χ3n) is 5.20. The van der Waals surface area contributed by atoms with Gasteiger partial charge in [-0.15, -0.1) is 0 Å². The second-order valence-corrected chi connectivity index (χ2v) is 9.58. The van der Waals surface area contributed by atoms with Gasteiger partial charge in [-0.05, 0) is 60.7 Å². The van der Waals surface area contributed by atoms with Gasteiger partial charge in [0.25, 0.3) is 5.91 Å². The molecule has 208 valence electrons. The van der Waals surface area contributed by atoms with Crippen molar-refractivity contribution in [3.05, 3.63) is 68.7 Å². The molecule has 2 aromatic rings. The molecule has 0 spiro atoms. The number of hydrogen-bond donors (Lipinski definition) is 2. The maximum absolute atomic E-state index is 13.2. The van der Waals surface area contributed by atoms with Gasteiger partial charge in [-0.25, -0.2) is 9.80 Å². The van der Waals surface area contributed by atoms with Crippen molar-refractivity contribution in [2.75, 3.05) is 0 Å². The third kappa shape index (κ3) is 8.52. The van der Waals surface area contributed by atoms with Crippen LogP contribution in [0.3, 0.4) is 0 Å². The predicted octanol–water partition coefficient (Wildman–Crippen LogP) is 6.64. The molecule has 0 fully saturated rings. The molecular weight excluding hydrogens is 565 g/mol. The fourth-order valence-electron chi connectivity index (χ4n) is 3.44. The van der Waals surface area contributed by atoms with Crippen molar-refractivity contribution in [1.82, 2.24) is 10.4 Å². The third-order valence-corrected chi connectivity index (χ3v) is 5.77. The van der Waals surface area contributed by atoms with E-state index in [1.807, 2.05) is 0 Å². The largest absolute Gasteiger partial charge is 0.480 e. The Hall–Kier alpha value is -2.99. The number of carboxylic acid groups (broad SMARTS) is 1. The fourth-order valence-corrected chi connectivity index (χ4v) is 3.81. The summed E-state index contributed by atoms with van der Waals surface area (Å²) in [4.78, 5) is 37.9. The van der Waals surface area contributed by atoms with Crippen LogP contribution in [0.1, 0.15) is 53.7 Å². The molecule has 0 heterocycles. The first kappa shape index (κ1) is 31.2. The molecule has 0 aromatic heterocycles. The number of alkyl halides is 6. The van der Waals surface area contributed by atoms with Gasteiger partial charge in [0.15, 0.2) is 6.04 Å². The Kier molecular flexibility index (Phi) is 10.1. The maximum Gasteiger partial charge on any atom is 0.416 e. The molecule has 0 saturated carbocycles. The Balaban J connectivity index is 2.36. The van der Waals surface area contributed by atoms with E-state index < -0.39 is 65.7 Å². The molecule has 2 aromatic carbocycles. The molecule has 1 atom stereocenters. The molecule has 2 N–H and O–H groups in total. The van der Waals surface area contributed by atoms with Crippen LogP contribution in [0.15, 0.2) is 36.4 Å². The summed E-state index contributed by atoms with van der Waals surface area (Å²) in [7, 11) is 0. The minimum Gasteiger partial charge on any atom is -0.480 e. The Morgan fingerprint density at radius 3 is 1.97 bits per heavy atom.